The predicted molar refractivity (Wildman–Crippen MR) is 96.1 cm³/mol. The molecule has 2 atom stereocenters. The van der Waals surface area contributed by atoms with Crippen LogP contribution < -0.4 is 5.32 Å². The number of carbonyl (C=O) groups excluding carboxylic acids is 3. The first kappa shape index (κ1) is 17.1. The Bertz CT molecular complexity index is 700. The average Bonchev–Trinajstić information content (AvgIpc) is 3.20. The maximum Gasteiger partial charge on any atom is 0.246 e. The van der Waals surface area contributed by atoms with Gasteiger partial charge in [-0.1, -0.05) is 43.2 Å². The minimum Gasteiger partial charge on any atom is -0.342 e. The number of benzene rings is 1. The molecule has 1 aromatic rings. The monoisotopic (exact) mass is 355 g/mol. The van der Waals surface area contributed by atoms with Gasteiger partial charge in [0.15, 0.2) is 0 Å². The lowest BCUT2D eigenvalue weighted by Gasteiger charge is -2.45. The second-order valence-corrected chi connectivity index (χ2v) is 7.56. The number of hydrogen-bond acceptors (Lipinski definition) is 3. The summed E-state index contributed by atoms with van der Waals surface area (Å²) in [5.41, 5.74) is 1.03. The lowest BCUT2D eigenvalue weighted by Crippen LogP contribution is -2.70. The molecule has 3 amide bonds. The predicted octanol–water partition coefficient (Wildman–Crippen LogP) is 0.957. The minimum absolute atomic E-state index is 0.0357. The van der Waals surface area contributed by atoms with Gasteiger partial charge in [0, 0.05) is 25.4 Å². The van der Waals surface area contributed by atoms with Crippen molar-refractivity contribution in [2.45, 2.75) is 44.2 Å². The Morgan fingerprint density at radius 3 is 2.54 bits per heavy atom. The molecule has 4 rings (SSSR count). The molecule has 0 bridgehead atoms. The highest BCUT2D eigenvalue weighted by Gasteiger charge is 2.44. The zero-order chi connectivity index (χ0) is 18.1. The molecule has 6 heteroatoms. The van der Waals surface area contributed by atoms with Gasteiger partial charge < -0.3 is 15.1 Å². The van der Waals surface area contributed by atoms with Gasteiger partial charge in [-0.2, -0.15) is 0 Å². The fourth-order valence-electron chi connectivity index (χ4n) is 4.42. The first-order valence-electron chi connectivity index (χ1n) is 9.57. The van der Waals surface area contributed by atoms with Crippen molar-refractivity contribution in [2.75, 3.05) is 19.6 Å². The second kappa shape index (κ2) is 7.09. The quantitative estimate of drug-likeness (QED) is 0.878. The van der Waals surface area contributed by atoms with E-state index in [0.717, 1.165) is 31.2 Å². The number of carbonyl (C=O) groups is 3. The summed E-state index contributed by atoms with van der Waals surface area (Å²) in [6, 6.07) is 8.66. The molecule has 1 aromatic carbocycles. The molecule has 26 heavy (non-hydrogen) atoms. The van der Waals surface area contributed by atoms with Crippen LogP contribution in [0.15, 0.2) is 30.3 Å². The van der Waals surface area contributed by atoms with E-state index in [2.05, 4.69) is 5.32 Å². The Kier molecular flexibility index (Phi) is 4.66. The highest BCUT2D eigenvalue weighted by Crippen LogP contribution is 2.28. The molecule has 6 nitrogen and oxygen atoms in total. The molecule has 0 aromatic heterocycles. The third kappa shape index (κ3) is 3.20. The van der Waals surface area contributed by atoms with Gasteiger partial charge in [0.05, 0.1) is 6.54 Å². The lowest BCUT2D eigenvalue weighted by molar-refractivity contribution is -0.156. The Morgan fingerprint density at radius 2 is 1.81 bits per heavy atom. The van der Waals surface area contributed by atoms with E-state index in [1.807, 2.05) is 30.3 Å². The molecule has 3 aliphatic rings. The number of amides is 3. The van der Waals surface area contributed by atoms with E-state index in [-0.39, 0.29) is 23.6 Å². The third-order valence-corrected chi connectivity index (χ3v) is 5.88. The number of rotatable bonds is 3. The first-order valence-corrected chi connectivity index (χ1v) is 9.57. The van der Waals surface area contributed by atoms with Gasteiger partial charge in [-0.25, -0.2) is 0 Å². The maximum atomic E-state index is 12.9. The molecule has 2 saturated heterocycles. The van der Waals surface area contributed by atoms with Crippen LogP contribution in [0, 0.1) is 5.92 Å². The Morgan fingerprint density at radius 1 is 1.08 bits per heavy atom. The van der Waals surface area contributed by atoms with Gasteiger partial charge in [-0.3, -0.25) is 14.4 Å². The highest BCUT2D eigenvalue weighted by atomic mass is 16.2. The summed E-state index contributed by atoms with van der Waals surface area (Å²) in [4.78, 5) is 41.6. The normalized spacial score (nSPS) is 26.6. The summed E-state index contributed by atoms with van der Waals surface area (Å²) in [7, 11) is 0. The van der Waals surface area contributed by atoms with Gasteiger partial charge in [0.2, 0.25) is 17.7 Å². The van der Waals surface area contributed by atoms with Crippen molar-refractivity contribution in [1.29, 1.82) is 0 Å². The minimum atomic E-state index is -0.548. The van der Waals surface area contributed by atoms with Crippen molar-refractivity contribution in [3.8, 4) is 0 Å². The Labute approximate surface area is 153 Å². The van der Waals surface area contributed by atoms with Gasteiger partial charge in [0.25, 0.3) is 0 Å². The van der Waals surface area contributed by atoms with E-state index in [1.165, 1.54) is 0 Å². The summed E-state index contributed by atoms with van der Waals surface area (Å²) in [5, 5.41) is 2.87. The zero-order valence-corrected chi connectivity index (χ0v) is 14.9. The van der Waals surface area contributed by atoms with E-state index >= 15 is 0 Å². The van der Waals surface area contributed by atoms with Crippen LogP contribution in [-0.4, -0.2) is 59.2 Å². The second-order valence-electron chi connectivity index (χ2n) is 7.56. The molecular weight excluding hydrogens is 330 g/mol. The standard InChI is InChI=1S/C20H25N3O3/c24-18-17-13-22(19(25)15-8-4-5-9-15)10-11-23(17)20(26)16(21-18)12-14-6-2-1-3-7-14/h1-3,6-7,15-17H,4-5,8-13H2,(H,21,24)/t16-,17-/m0/s1. The largest absolute Gasteiger partial charge is 0.342 e. The molecule has 0 radical (unpaired) electrons. The number of piperazine rings is 2. The molecule has 2 aliphatic heterocycles. The Hall–Kier alpha value is -2.37. The maximum absolute atomic E-state index is 12.9. The summed E-state index contributed by atoms with van der Waals surface area (Å²) in [6.07, 6.45) is 4.63. The van der Waals surface area contributed by atoms with Crippen LogP contribution in [0.2, 0.25) is 0 Å². The molecule has 1 saturated carbocycles. The van der Waals surface area contributed by atoms with Crippen molar-refractivity contribution in [1.82, 2.24) is 15.1 Å². The molecule has 2 heterocycles. The van der Waals surface area contributed by atoms with Gasteiger partial charge in [-0.05, 0) is 18.4 Å². The first-order chi connectivity index (χ1) is 12.6. The van der Waals surface area contributed by atoms with Crippen molar-refractivity contribution in [3.63, 3.8) is 0 Å². The summed E-state index contributed by atoms with van der Waals surface area (Å²) in [6.45, 7) is 1.30. The number of nitrogens with zero attached hydrogens (tertiary/aromatic N) is 2. The molecule has 3 fully saturated rings. The third-order valence-electron chi connectivity index (χ3n) is 5.88. The molecule has 0 unspecified atom stereocenters. The summed E-state index contributed by atoms with van der Waals surface area (Å²) >= 11 is 0. The van der Waals surface area contributed by atoms with Crippen molar-refractivity contribution < 1.29 is 14.4 Å². The lowest BCUT2D eigenvalue weighted by atomic mass is 9.98. The topological polar surface area (TPSA) is 69.7 Å². The number of hydrogen-bond donors (Lipinski definition) is 1. The zero-order valence-electron chi connectivity index (χ0n) is 14.9. The molecule has 0 spiro atoms. The van der Waals surface area contributed by atoms with Crippen LogP contribution in [0.3, 0.4) is 0 Å². The van der Waals surface area contributed by atoms with Crippen molar-refractivity contribution >= 4 is 17.7 Å². The SMILES string of the molecule is O=C1N[C@@H](Cc2ccccc2)C(=O)N2CCN(C(=O)C3CCCC3)C[C@@H]12. The van der Waals surface area contributed by atoms with Crippen LogP contribution in [0.25, 0.3) is 0 Å². The summed E-state index contributed by atoms with van der Waals surface area (Å²) in [5.74, 6) is 0.0874. The van der Waals surface area contributed by atoms with E-state index in [4.69, 9.17) is 0 Å². The fraction of sp³-hybridized carbons (Fsp3) is 0.550. The van der Waals surface area contributed by atoms with E-state index in [1.54, 1.807) is 9.80 Å². The number of fused-ring (bicyclic) bond motifs is 1. The van der Waals surface area contributed by atoms with Crippen LogP contribution in [0.4, 0.5) is 0 Å². The highest BCUT2D eigenvalue weighted by molar-refractivity contribution is 5.98. The van der Waals surface area contributed by atoms with Crippen molar-refractivity contribution in [3.05, 3.63) is 35.9 Å². The van der Waals surface area contributed by atoms with Crippen LogP contribution >= 0.6 is 0 Å². The fourth-order valence-corrected chi connectivity index (χ4v) is 4.42. The Balaban J connectivity index is 1.43. The van der Waals surface area contributed by atoms with Gasteiger partial charge >= 0.3 is 0 Å². The average molecular weight is 355 g/mol. The summed E-state index contributed by atoms with van der Waals surface area (Å²) < 4.78 is 0. The van der Waals surface area contributed by atoms with E-state index in [0.29, 0.717) is 26.1 Å². The molecular formula is C20H25N3O3. The van der Waals surface area contributed by atoms with Crippen molar-refractivity contribution in [2.24, 2.45) is 5.92 Å². The van der Waals surface area contributed by atoms with Gasteiger partial charge in [-0.15, -0.1) is 0 Å². The van der Waals surface area contributed by atoms with Crippen LogP contribution in [-0.2, 0) is 20.8 Å². The molecule has 1 N–H and O–H groups in total. The molecule has 1 aliphatic carbocycles. The smallest absolute Gasteiger partial charge is 0.246 e. The van der Waals surface area contributed by atoms with Crippen LogP contribution in [0.5, 0.6) is 0 Å². The number of nitrogens with one attached hydrogen (secondary N) is 1. The van der Waals surface area contributed by atoms with Crippen LogP contribution in [0.1, 0.15) is 31.2 Å². The van der Waals surface area contributed by atoms with E-state index in [9.17, 15) is 14.4 Å². The molecule has 138 valence electrons. The van der Waals surface area contributed by atoms with Gasteiger partial charge in [0.1, 0.15) is 12.1 Å². The van der Waals surface area contributed by atoms with E-state index < -0.39 is 12.1 Å².